The number of primary amides is 1. The van der Waals surface area contributed by atoms with E-state index in [2.05, 4.69) is 5.32 Å². The maximum absolute atomic E-state index is 11.3. The molecule has 0 bridgehead atoms. The van der Waals surface area contributed by atoms with Crippen molar-refractivity contribution in [3.63, 3.8) is 0 Å². The van der Waals surface area contributed by atoms with Gasteiger partial charge in [0, 0.05) is 19.1 Å². The Kier molecular flexibility index (Phi) is 5.38. The Morgan fingerprint density at radius 1 is 1.40 bits per heavy atom. The van der Waals surface area contributed by atoms with Gasteiger partial charge in [0.05, 0.1) is 12.6 Å². The zero-order valence-corrected chi connectivity index (χ0v) is 11.5. The second kappa shape index (κ2) is 7.26. The molecule has 0 aromatic heterocycles. The van der Waals surface area contributed by atoms with Crippen LogP contribution < -0.4 is 15.8 Å². The maximum atomic E-state index is 11.3. The highest BCUT2D eigenvalue weighted by Crippen LogP contribution is 2.20. The van der Waals surface area contributed by atoms with E-state index in [0.717, 1.165) is 24.2 Å². The molecule has 1 fully saturated rings. The van der Waals surface area contributed by atoms with E-state index in [9.17, 15) is 4.79 Å². The Bertz CT molecular complexity index is 429. The average Bonchev–Trinajstić information content (AvgIpc) is 3.24. The van der Waals surface area contributed by atoms with Gasteiger partial charge in [-0.15, -0.1) is 0 Å². The van der Waals surface area contributed by atoms with Crippen LogP contribution in [0.2, 0.25) is 0 Å². The SMILES string of the molecule is NC(=O)C(CCOc1ccc(CCO)cc1)NC1CC1. The zero-order valence-electron chi connectivity index (χ0n) is 11.5. The first-order valence-corrected chi connectivity index (χ1v) is 7.07. The number of aliphatic hydroxyl groups is 1. The number of amides is 1. The van der Waals surface area contributed by atoms with Crippen LogP contribution in [0.1, 0.15) is 24.8 Å². The molecule has 0 heterocycles. The standard InChI is InChI=1S/C15H22N2O3/c16-15(19)14(17-12-3-4-12)8-10-20-13-5-1-11(2-6-13)7-9-18/h1-2,5-6,12,14,17-18H,3-4,7-10H2,(H2,16,19). The van der Waals surface area contributed by atoms with E-state index < -0.39 is 0 Å². The molecule has 1 aliphatic carbocycles. The normalized spacial score (nSPS) is 15.8. The molecule has 1 aromatic carbocycles. The largest absolute Gasteiger partial charge is 0.494 e. The van der Waals surface area contributed by atoms with Crippen molar-refractivity contribution in [2.24, 2.45) is 5.73 Å². The van der Waals surface area contributed by atoms with Crippen molar-refractivity contribution >= 4 is 5.91 Å². The molecule has 0 spiro atoms. The van der Waals surface area contributed by atoms with Crippen LogP contribution in [0.25, 0.3) is 0 Å². The third-order valence-electron chi connectivity index (χ3n) is 3.36. The number of nitrogens with two attached hydrogens (primary N) is 1. The summed E-state index contributed by atoms with van der Waals surface area (Å²) < 4.78 is 5.61. The Hall–Kier alpha value is -1.59. The molecule has 5 heteroatoms. The number of hydrogen-bond acceptors (Lipinski definition) is 4. The third kappa shape index (κ3) is 4.83. The summed E-state index contributed by atoms with van der Waals surface area (Å²) in [4.78, 5) is 11.3. The van der Waals surface area contributed by atoms with Crippen molar-refractivity contribution in [2.45, 2.75) is 37.8 Å². The number of aliphatic hydroxyl groups excluding tert-OH is 1. The van der Waals surface area contributed by atoms with E-state index in [1.54, 1.807) is 0 Å². The van der Waals surface area contributed by atoms with E-state index >= 15 is 0 Å². The summed E-state index contributed by atoms with van der Waals surface area (Å²) in [5.41, 5.74) is 6.44. The van der Waals surface area contributed by atoms with Crippen molar-refractivity contribution in [3.05, 3.63) is 29.8 Å². The lowest BCUT2D eigenvalue weighted by Gasteiger charge is -2.15. The second-order valence-corrected chi connectivity index (χ2v) is 5.15. The predicted octanol–water partition coefficient (Wildman–Crippen LogP) is 0.596. The van der Waals surface area contributed by atoms with Gasteiger partial charge in [-0.3, -0.25) is 4.79 Å². The minimum atomic E-state index is -0.321. The summed E-state index contributed by atoms with van der Waals surface area (Å²) in [6.07, 6.45) is 3.47. The monoisotopic (exact) mass is 278 g/mol. The average molecular weight is 278 g/mol. The van der Waals surface area contributed by atoms with Gasteiger partial charge in [-0.2, -0.15) is 0 Å². The molecule has 1 saturated carbocycles. The molecule has 5 nitrogen and oxygen atoms in total. The number of nitrogens with one attached hydrogen (secondary N) is 1. The van der Waals surface area contributed by atoms with Crippen LogP contribution in [0.4, 0.5) is 0 Å². The van der Waals surface area contributed by atoms with Gasteiger partial charge in [-0.25, -0.2) is 0 Å². The lowest BCUT2D eigenvalue weighted by atomic mass is 10.1. The van der Waals surface area contributed by atoms with Gasteiger partial charge >= 0.3 is 0 Å². The highest BCUT2D eigenvalue weighted by Gasteiger charge is 2.26. The van der Waals surface area contributed by atoms with Gasteiger partial charge < -0.3 is 20.9 Å². The van der Waals surface area contributed by atoms with Gasteiger partial charge in [-0.05, 0) is 37.0 Å². The highest BCUT2D eigenvalue weighted by atomic mass is 16.5. The Morgan fingerprint density at radius 2 is 2.10 bits per heavy atom. The zero-order chi connectivity index (χ0) is 14.4. The fourth-order valence-corrected chi connectivity index (χ4v) is 2.02. The molecule has 0 saturated heterocycles. The van der Waals surface area contributed by atoms with Gasteiger partial charge in [-0.1, -0.05) is 12.1 Å². The first kappa shape index (κ1) is 14.8. The summed E-state index contributed by atoms with van der Waals surface area (Å²) in [6.45, 7) is 0.597. The minimum Gasteiger partial charge on any atom is -0.494 e. The molecular weight excluding hydrogens is 256 g/mol. The van der Waals surface area contributed by atoms with Crippen LogP contribution in [0.3, 0.4) is 0 Å². The van der Waals surface area contributed by atoms with Crippen LogP contribution in [0.5, 0.6) is 5.75 Å². The lowest BCUT2D eigenvalue weighted by Crippen LogP contribution is -2.43. The number of ether oxygens (including phenoxy) is 1. The molecule has 110 valence electrons. The van der Waals surface area contributed by atoms with Crippen LogP contribution in [-0.2, 0) is 11.2 Å². The number of carbonyl (C=O) groups is 1. The van der Waals surface area contributed by atoms with Gasteiger partial charge in [0.1, 0.15) is 5.75 Å². The number of carbonyl (C=O) groups excluding carboxylic acids is 1. The third-order valence-corrected chi connectivity index (χ3v) is 3.36. The molecule has 20 heavy (non-hydrogen) atoms. The van der Waals surface area contributed by atoms with Gasteiger partial charge in [0.2, 0.25) is 5.91 Å². The van der Waals surface area contributed by atoms with Crippen molar-refractivity contribution < 1.29 is 14.6 Å². The van der Waals surface area contributed by atoms with Crippen molar-refractivity contribution in [3.8, 4) is 5.75 Å². The van der Waals surface area contributed by atoms with Crippen LogP contribution >= 0.6 is 0 Å². The summed E-state index contributed by atoms with van der Waals surface area (Å²) in [6, 6.07) is 7.75. The van der Waals surface area contributed by atoms with Gasteiger partial charge in [0.25, 0.3) is 0 Å². The molecule has 2 rings (SSSR count). The lowest BCUT2D eigenvalue weighted by molar-refractivity contribution is -0.120. The van der Waals surface area contributed by atoms with Crippen LogP contribution in [-0.4, -0.2) is 36.3 Å². The molecule has 0 aliphatic heterocycles. The summed E-state index contributed by atoms with van der Waals surface area (Å²) in [5, 5.41) is 12.1. The molecule has 1 amide bonds. The van der Waals surface area contributed by atoms with Crippen LogP contribution in [0, 0.1) is 0 Å². The number of benzene rings is 1. The van der Waals surface area contributed by atoms with Crippen molar-refractivity contribution in [2.75, 3.05) is 13.2 Å². The highest BCUT2D eigenvalue weighted by molar-refractivity contribution is 5.79. The molecule has 0 radical (unpaired) electrons. The van der Waals surface area contributed by atoms with Crippen molar-refractivity contribution in [1.29, 1.82) is 0 Å². The fraction of sp³-hybridized carbons (Fsp3) is 0.533. The molecular formula is C15H22N2O3. The molecule has 1 aromatic rings. The second-order valence-electron chi connectivity index (χ2n) is 5.15. The van der Waals surface area contributed by atoms with E-state index in [-0.39, 0.29) is 18.6 Å². The number of hydrogen-bond donors (Lipinski definition) is 3. The summed E-state index contributed by atoms with van der Waals surface area (Å²) in [5.74, 6) is 0.445. The Morgan fingerprint density at radius 3 is 2.65 bits per heavy atom. The Labute approximate surface area is 119 Å². The number of rotatable bonds is 9. The van der Waals surface area contributed by atoms with E-state index in [1.807, 2.05) is 24.3 Å². The summed E-state index contributed by atoms with van der Waals surface area (Å²) >= 11 is 0. The first-order valence-electron chi connectivity index (χ1n) is 7.07. The first-order chi connectivity index (χ1) is 9.69. The predicted molar refractivity (Wildman–Crippen MR) is 76.5 cm³/mol. The molecule has 1 atom stereocenters. The van der Waals surface area contributed by atoms with E-state index in [1.165, 1.54) is 0 Å². The smallest absolute Gasteiger partial charge is 0.234 e. The van der Waals surface area contributed by atoms with Crippen LogP contribution in [0.15, 0.2) is 24.3 Å². The fourth-order valence-electron chi connectivity index (χ4n) is 2.02. The van der Waals surface area contributed by atoms with E-state index in [0.29, 0.717) is 25.5 Å². The molecule has 1 aliphatic rings. The van der Waals surface area contributed by atoms with E-state index in [4.69, 9.17) is 15.6 Å². The minimum absolute atomic E-state index is 0.146. The molecule has 1 unspecified atom stereocenters. The Balaban J connectivity index is 1.74. The topological polar surface area (TPSA) is 84.6 Å². The van der Waals surface area contributed by atoms with Crippen molar-refractivity contribution in [1.82, 2.24) is 5.32 Å². The maximum Gasteiger partial charge on any atom is 0.234 e. The molecule has 4 N–H and O–H groups in total. The quantitative estimate of drug-likeness (QED) is 0.617. The van der Waals surface area contributed by atoms with Gasteiger partial charge in [0.15, 0.2) is 0 Å². The summed E-state index contributed by atoms with van der Waals surface area (Å²) in [7, 11) is 0.